The molecule has 1 rings (SSSR count). The van der Waals surface area contributed by atoms with Gasteiger partial charge in [-0.25, -0.2) is 0 Å². The van der Waals surface area contributed by atoms with Gasteiger partial charge in [-0.1, -0.05) is 0 Å². The molecule has 0 amide bonds. The Balaban J connectivity index is 2.39. The summed E-state index contributed by atoms with van der Waals surface area (Å²) in [5.41, 5.74) is 0. The van der Waals surface area contributed by atoms with Crippen LogP contribution >= 0.6 is 0 Å². The van der Waals surface area contributed by atoms with Crippen molar-refractivity contribution in [2.45, 2.75) is 69.9 Å². The van der Waals surface area contributed by atoms with E-state index in [2.05, 4.69) is 0 Å². The number of hydrogen-bond donors (Lipinski definition) is 3. The lowest BCUT2D eigenvalue weighted by Crippen LogP contribution is -2.48. The predicted octanol–water partition coefficient (Wildman–Crippen LogP) is -1.86. The Bertz CT molecular complexity index is 296. The number of aliphatic hydroxyl groups is 3. The van der Waals surface area contributed by atoms with Gasteiger partial charge in [-0.2, -0.15) is 0 Å². The minimum atomic E-state index is -1.33. The molecule has 0 bridgehead atoms. The SMILES string of the molecule is C[C@H](C[C@@H](O)CC(=O)[O-])O[C@@H]1O[C@@H](C)[C@H](O)C[C@H]1O. The van der Waals surface area contributed by atoms with Gasteiger partial charge in [-0.3, -0.25) is 0 Å². The Kier molecular flexibility index (Phi) is 6.15. The van der Waals surface area contributed by atoms with Crippen LogP contribution in [0, 0.1) is 0 Å². The van der Waals surface area contributed by atoms with Gasteiger partial charge in [-0.15, -0.1) is 0 Å². The van der Waals surface area contributed by atoms with Gasteiger partial charge in [0.25, 0.3) is 0 Å². The van der Waals surface area contributed by atoms with E-state index in [1.165, 1.54) is 0 Å². The molecule has 1 fully saturated rings. The van der Waals surface area contributed by atoms with Crippen molar-refractivity contribution in [2.24, 2.45) is 0 Å². The second kappa shape index (κ2) is 7.16. The first kappa shape index (κ1) is 16.3. The van der Waals surface area contributed by atoms with E-state index in [1.807, 2.05) is 0 Å². The lowest BCUT2D eigenvalue weighted by molar-refractivity contribution is -0.307. The molecule has 1 aliphatic rings. The Morgan fingerprint density at radius 1 is 1.47 bits per heavy atom. The first-order chi connectivity index (χ1) is 8.79. The lowest BCUT2D eigenvalue weighted by Gasteiger charge is -2.36. The number of carbonyl (C=O) groups is 1. The van der Waals surface area contributed by atoms with E-state index in [0.717, 1.165) is 0 Å². The van der Waals surface area contributed by atoms with Crippen LogP contribution in [0.15, 0.2) is 0 Å². The van der Waals surface area contributed by atoms with Crippen molar-refractivity contribution in [3.05, 3.63) is 0 Å². The van der Waals surface area contributed by atoms with E-state index in [1.54, 1.807) is 13.8 Å². The van der Waals surface area contributed by atoms with Crippen LogP contribution in [0.3, 0.4) is 0 Å². The van der Waals surface area contributed by atoms with E-state index in [4.69, 9.17) is 9.47 Å². The highest BCUT2D eigenvalue weighted by atomic mass is 16.7. The van der Waals surface area contributed by atoms with Crippen LogP contribution in [-0.2, 0) is 14.3 Å². The molecule has 0 unspecified atom stereocenters. The summed E-state index contributed by atoms with van der Waals surface area (Å²) in [5.74, 6) is -1.33. The van der Waals surface area contributed by atoms with Gasteiger partial charge in [0.05, 0.1) is 24.4 Å². The molecule has 0 aromatic rings. The highest BCUT2D eigenvalue weighted by molar-refractivity contribution is 5.64. The van der Waals surface area contributed by atoms with Crippen LogP contribution in [-0.4, -0.2) is 58.1 Å². The van der Waals surface area contributed by atoms with E-state index < -0.39 is 49.2 Å². The molecule has 1 heterocycles. The van der Waals surface area contributed by atoms with Crippen LogP contribution in [0.5, 0.6) is 0 Å². The third-order valence-corrected chi connectivity index (χ3v) is 3.06. The minimum Gasteiger partial charge on any atom is -0.550 e. The topological polar surface area (TPSA) is 119 Å². The molecule has 3 N–H and O–H groups in total. The Morgan fingerprint density at radius 3 is 2.68 bits per heavy atom. The van der Waals surface area contributed by atoms with Crippen LogP contribution < -0.4 is 5.11 Å². The molecule has 7 heteroatoms. The molecule has 6 atom stereocenters. The zero-order chi connectivity index (χ0) is 14.6. The summed E-state index contributed by atoms with van der Waals surface area (Å²) in [6.45, 7) is 3.31. The van der Waals surface area contributed by atoms with E-state index >= 15 is 0 Å². The number of rotatable bonds is 6. The first-order valence-electron chi connectivity index (χ1n) is 6.34. The fraction of sp³-hybridized carbons (Fsp3) is 0.917. The summed E-state index contributed by atoms with van der Waals surface area (Å²) < 4.78 is 10.7. The van der Waals surface area contributed by atoms with Gasteiger partial charge in [0.1, 0.15) is 6.10 Å². The lowest BCUT2D eigenvalue weighted by atomic mass is 10.0. The fourth-order valence-corrected chi connectivity index (χ4v) is 2.01. The number of hydrogen-bond acceptors (Lipinski definition) is 7. The summed E-state index contributed by atoms with van der Waals surface area (Å²) >= 11 is 0. The second-order valence-corrected chi connectivity index (χ2v) is 4.99. The number of carboxylic acid groups (broad SMARTS) is 1. The normalized spacial score (nSPS) is 34.8. The third kappa shape index (κ3) is 5.42. The molecule has 0 aromatic carbocycles. The van der Waals surface area contributed by atoms with Crippen LogP contribution in [0.25, 0.3) is 0 Å². The van der Waals surface area contributed by atoms with E-state index in [-0.39, 0.29) is 12.8 Å². The van der Waals surface area contributed by atoms with Crippen molar-refractivity contribution in [3.8, 4) is 0 Å². The highest BCUT2D eigenvalue weighted by Crippen LogP contribution is 2.22. The molecule has 1 aliphatic heterocycles. The molecular weight excluding hydrogens is 256 g/mol. The zero-order valence-corrected chi connectivity index (χ0v) is 11.1. The number of carbonyl (C=O) groups excluding carboxylic acids is 1. The van der Waals surface area contributed by atoms with Crippen molar-refractivity contribution in [2.75, 3.05) is 0 Å². The molecule has 0 saturated carbocycles. The summed E-state index contributed by atoms with van der Waals surface area (Å²) in [7, 11) is 0. The van der Waals surface area contributed by atoms with Crippen LogP contribution in [0.1, 0.15) is 33.1 Å². The molecule has 7 nitrogen and oxygen atoms in total. The standard InChI is InChI=1S/C12H22O7/c1-6(3-8(13)4-11(16)17)18-12-10(15)5-9(14)7(2)19-12/h6-10,12-15H,3-5H2,1-2H3,(H,16,17)/p-1/t6-,7+,8-,9-,10-,12-/m1/s1. The summed E-state index contributed by atoms with van der Waals surface area (Å²) in [6.07, 6.45) is -4.80. The first-order valence-corrected chi connectivity index (χ1v) is 6.34. The van der Waals surface area contributed by atoms with Crippen molar-refractivity contribution in [3.63, 3.8) is 0 Å². The Morgan fingerprint density at radius 2 is 2.11 bits per heavy atom. The van der Waals surface area contributed by atoms with Crippen molar-refractivity contribution in [1.82, 2.24) is 0 Å². The molecule has 0 aliphatic carbocycles. The molecular formula is C12H21O7-. The molecule has 112 valence electrons. The molecule has 0 spiro atoms. The third-order valence-electron chi connectivity index (χ3n) is 3.06. The zero-order valence-electron chi connectivity index (χ0n) is 11.1. The summed E-state index contributed by atoms with van der Waals surface area (Å²) in [6, 6.07) is 0. The molecule has 0 radical (unpaired) electrons. The minimum absolute atomic E-state index is 0.0947. The smallest absolute Gasteiger partial charge is 0.184 e. The van der Waals surface area contributed by atoms with Gasteiger partial charge >= 0.3 is 0 Å². The van der Waals surface area contributed by atoms with Gasteiger partial charge in [-0.05, 0) is 20.3 Å². The number of carboxylic acids is 1. The molecule has 19 heavy (non-hydrogen) atoms. The van der Waals surface area contributed by atoms with Crippen molar-refractivity contribution < 1.29 is 34.7 Å². The summed E-state index contributed by atoms with van der Waals surface area (Å²) in [4.78, 5) is 10.3. The van der Waals surface area contributed by atoms with Gasteiger partial charge in [0, 0.05) is 18.8 Å². The maximum Gasteiger partial charge on any atom is 0.184 e. The van der Waals surface area contributed by atoms with E-state index in [0.29, 0.717) is 0 Å². The fourth-order valence-electron chi connectivity index (χ4n) is 2.01. The average molecular weight is 277 g/mol. The second-order valence-electron chi connectivity index (χ2n) is 4.99. The maximum atomic E-state index is 10.3. The maximum absolute atomic E-state index is 10.3. The number of aliphatic carboxylic acids is 1. The van der Waals surface area contributed by atoms with Crippen LogP contribution in [0.4, 0.5) is 0 Å². The Hall–Kier alpha value is -0.730. The molecule has 1 saturated heterocycles. The monoisotopic (exact) mass is 277 g/mol. The van der Waals surface area contributed by atoms with Gasteiger partial charge < -0.3 is 34.7 Å². The quantitative estimate of drug-likeness (QED) is 0.521. The van der Waals surface area contributed by atoms with Gasteiger partial charge in [0.2, 0.25) is 0 Å². The van der Waals surface area contributed by atoms with Crippen molar-refractivity contribution >= 4 is 5.97 Å². The highest BCUT2D eigenvalue weighted by Gasteiger charge is 2.35. The van der Waals surface area contributed by atoms with Gasteiger partial charge in [0.15, 0.2) is 6.29 Å². The average Bonchev–Trinajstić information content (AvgIpc) is 2.24. The predicted molar refractivity (Wildman–Crippen MR) is 61.8 cm³/mol. The number of aliphatic hydroxyl groups excluding tert-OH is 3. The number of ether oxygens (including phenoxy) is 2. The summed E-state index contributed by atoms with van der Waals surface area (Å²) in [5, 5.41) is 38.9. The largest absolute Gasteiger partial charge is 0.550 e. The molecule has 0 aromatic heterocycles. The Labute approximate surface area is 111 Å². The van der Waals surface area contributed by atoms with Crippen molar-refractivity contribution in [1.29, 1.82) is 0 Å². The van der Waals surface area contributed by atoms with E-state index in [9.17, 15) is 25.2 Å². The van der Waals surface area contributed by atoms with Crippen LogP contribution in [0.2, 0.25) is 0 Å².